The molecule has 0 aliphatic carbocycles. The SMILES string of the molecule is NC(=O)c1ccc(N)c(Nc2cc(I)ccc2Br)c1. The van der Waals surface area contributed by atoms with Gasteiger partial charge in [0.05, 0.1) is 17.1 Å². The molecule has 19 heavy (non-hydrogen) atoms. The molecule has 0 aromatic heterocycles. The van der Waals surface area contributed by atoms with E-state index in [9.17, 15) is 4.79 Å². The van der Waals surface area contributed by atoms with Gasteiger partial charge in [-0.2, -0.15) is 0 Å². The Morgan fingerprint density at radius 2 is 1.89 bits per heavy atom. The van der Waals surface area contributed by atoms with Crippen LogP contribution in [0.5, 0.6) is 0 Å². The molecular weight excluding hydrogens is 421 g/mol. The Balaban J connectivity index is 2.40. The fourth-order valence-corrected chi connectivity index (χ4v) is 2.39. The van der Waals surface area contributed by atoms with Crippen molar-refractivity contribution in [3.63, 3.8) is 0 Å². The molecule has 4 nitrogen and oxygen atoms in total. The topological polar surface area (TPSA) is 81.1 Å². The quantitative estimate of drug-likeness (QED) is 0.514. The first-order valence-electron chi connectivity index (χ1n) is 5.39. The van der Waals surface area contributed by atoms with E-state index in [4.69, 9.17) is 11.5 Å². The zero-order valence-electron chi connectivity index (χ0n) is 9.78. The Kier molecular flexibility index (Phi) is 4.31. The fraction of sp³-hybridized carbons (Fsp3) is 0. The molecule has 5 N–H and O–H groups in total. The lowest BCUT2D eigenvalue weighted by Gasteiger charge is -2.12. The van der Waals surface area contributed by atoms with Crippen molar-refractivity contribution in [2.24, 2.45) is 5.73 Å². The van der Waals surface area contributed by atoms with E-state index in [1.54, 1.807) is 18.2 Å². The van der Waals surface area contributed by atoms with Crippen LogP contribution >= 0.6 is 38.5 Å². The number of anilines is 3. The summed E-state index contributed by atoms with van der Waals surface area (Å²) in [5.41, 5.74) is 13.6. The summed E-state index contributed by atoms with van der Waals surface area (Å²) >= 11 is 5.69. The molecule has 0 atom stereocenters. The Morgan fingerprint density at radius 3 is 2.58 bits per heavy atom. The van der Waals surface area contributed by atoms with E-state index in [2.05, 4.69) is 43.8 Å². The molecule has 2 aromatic rings. The van der Waals surface area contributed by atoms with Crippen LogP contribution in [0.4, 0.5) is 17.1 Å². The van der Waals surface area contributed by atoms with Crippen LogP contribution in [0.2, 0.25) is 0 Å². The molecule has 98 valence electrons. The van der Waals surface area contributed by atoms with Gasteiger partial charge in [0.1, 0.15) is 0 Å². The number of nitrogens with one attached hydrogen (secondary N) is 1. The Bertz CT molecular complexity index is 646. The summed E-state index contributed by atoms with van der Waals surface area (Å²) in [5, 5.41) is 3.19. The number of carbonyl (C=O) groups excluding carboxylic acids is 1. The van der Waals surface area contributed by atoms with Gasteiger partial charge in [0, 0.05) is 13.6 Å². The minimum absolute atomic E-state index is 0.415. The van der Waals surface area contributed by atoms with Crippen molar-refractivity contribution in [1.29, 1.82) is 0 Å². The number of halogens is 2. The summed E-state index contributed by atoms with van der Waals surface area (Å²) in [6.07, 6.45) is 0. The minimum Gasteiger partial charge on any atom is -0.397 e. The maximum atomic E-state index is 11.2. The van der Waals surface area contributed by atoms with Crippen molar-refractivity contribution in [2.75, 3.05) is 11.1 Å². The van der Waals surface area contributed by atoms with Crippen LogP contribution in [0.3, 0.4) is 0 Å². The second-order valence-electron chi connectivity index (χ2n) is 3.92. The summed E-state index contributed by atoms with van der Waals surface area (Å²) in [7, 11) is 0. The first-order chi connectivity index (χ1) is 8.97. The average Bonchev–Trinajstić information content (AvgIpc) is 2.36. The van der Waals surface area contributed by atoms with Crippen LogP contribution < -0.4 is 16.8 Å². The third kappa shape index (κ3) is 3.38. The number of primary amides is 1. The molecule has 0 saturated carbocycles. The van der Waals surface area contributed by atoms with Crippen molar-refractivity contribution in [1.82, 2.24) is 0 Å². The van der Waals surface area contributed by atoms with E-state index in [0.29, 0.717) is 16.9 Å². The maximum Gasteiger partial charge on any atom is 0.248 e. The van der Waals surface area contributed by atoms with Gasteiger partial charge in [0.15, 0.2) is 0 Å². The molecule has 0 aliphatic rings. The normalized spacial score (nSPS) is 10.2. The van der Waals surface area contributed by atoms with Gasteiger partial charge < -0.3 is 16.8 Å². The number of carbonyl (C=O) groups is 1. The maximum absolute atomic E-state index is 11.2. The second kappa shape index (κ2) is 5.79. The van der Waals surface area contributed by atoms with Gasteiger partial charge in [-0.3, -0.25) is 4.79 Å². The molecule has 0 aliphatic heterocycles. The number of nitrogen functional groups attached to an aromatic ring is 1. The van der Waals surface area contributed by atoms with Crippen LogP contribution in [-0.4, -0.2) is 5.91 Å². The highest BCUT2D eigenvalue weighted by molar-refractivity contribution is 14.1. The summed E-state index contributed by atoms with van der Waals surface area (Å²) in [6, 6.07) is 10.8. The molecule has 0 fully saturated rings. The predicted octanol–water partition coefficient (Wildman–Crippen LogP) is 3.48. The lowest BCUT2D eigenvalue weighted by Crippen LogP contribution is -2.11. The fourth-order valence-electron chi connectivity index (χ4n) is 1.56. The lowest BCUT2D eigenvalue weighted by atomic mass is 10.1. The Hall–Kier alpha value is -1.28. The number of benzene rings is 2. The van der Waals surface area contributed by atoms with E-state index < -0.39 is 5.91 Å². The van der Waals surface area contributed by atoms with Crippen LogP contribution in [0, 0.1) is 3.57 Å². The minimum atomic E-state index is -0.482. The highest BCUT2D eigenvalue weighted by Gasteiger charge is 2.07. The predicted molar refractivity (Wildman–Crippen MR) is 89.5 cm³/mol. The first kappa shape index (κ1) is 14.1. The van der Waals surface area contributed by atoms with Gasteiger partial charge in [-0.05, 0) is 74.9 Å². The zero-order chi connectivity index (χ0) is 14.0. The average molecular weight is 432 g/mol. The Morgan fingerprint density at radius 1 is 1.16 bits per heavy atom. The molecule has 0 radical (unpaired) electrons. The smallest absolute Gasteiger partial charge is 0.248 e. The molecule has 2 aromatic carbocycles. The Labute approximate surface area is 132 Å². The third-order valence-corrected chi connectivity index (χ3v) is 3.90. The molecule has 1 amide bonds. The molecule has 0 saturated heterocycles. The van der Waals surface area contributed by atoms with Crippen molar-refractivity contribution in [3.05, 3.63) is 50.0 Å². The molecule has 0 bridgehead atoms. The number of amides is 1. The van der Waals surface area contributed by atoms with Crippen LogP contribution in [0.25, 0.3) is 0 Å². The van der Waals surface area contributed by atoms with Gasteiger partial charge in [-0.15, -0.1) is 0 Å². The van der Waals surface area contributed by atoms with Gasteiger partial charge >= 0.3 is 0 Å². The molecule has 2 rings (SSSR count). The van der Waals surface area contributed by atoms with Gasteiger partial charge in [0.2, 0.25) is 5.91 Å². The van der Waals surface area contributed by atoms with E-state index in [1.807, 2.05) is 18.2 Å². The van der Waals surface area contributed by atoms with Crippen molar-refractivity contribution in [2.45, 2.75) is 0 Å². The highest BCUT2D eigenvalue weighted by atomic mass is 127. The van der Waals surface area contributed by atoms with Crippen LogP contribution in [-0.2, 0) is 0 Å². The highest BCUT2D eigenvalue weighted by Crippen LogP contribution is 2.30. The van der Waals surface area contributed by atoms with Crippen LogP contribution in [0.15, 0.2) is 40.9 Å². The second-order valence-corrected chi connectivity index (χ2v) is 6.02. The third-order valence-electron chi connectivity index (χ3n) is 2.54. The van der Waals surface area contributed by atoms with E-state index in [-0.39, 0.29) is 0 Å². The monoisotopic (exact) mass is 431 g/mol. The van der Waals surface area contributed by atoms with Crippen molar-refractivity contribution >= 4 is 61.5 Å². The number of hydrogen-bond donors (Lipinski definition) is 3. The summed E-state index contributed by atoms with van der Waals surface area (Å²) in [4.78, 5) is 11.2. The van der Waals surface area contributed by atoms with E-state index in [1.165, 1.54) is 0 Å². The van der Waals surface area contributed by atoms with Crippen molar-refractivity contribution in [3.8, 4) is 0 Å². The summed E-state index contributed by atoms with van der Waals surface area (Å²) in [6.45, 7) is 0. The lowest BCUT2D eigenvalue weighted by molar-refractivity contribution is 0.100. The molecule has 0 unspecified atom stereocenters. The van der Waals surface area contributed by atoms with E-state index in [0.717, 1.165) is 13.7 Å². The number of rotatable bonds is 3. The number of nitrogens with two attached hydrogens (primary N) is 2. The largest absolute Gasteiger partial charge is 0.397 e. The first-order valence-corrected chi connectivity index (χ1v) is 7.26. The molecule has 0 heterocycles. The van der Waals surface area contributed by atoms with Gasteiger partial charge in [-0.25, -0.2) is 0 Å². The van der Waals surface area contributed by atoms with Gasteiger partial charge in [-0.1, -0.05) is 0 Å². The summed E-state index contributed by atoms with van der Waals surface area (Å²) in [5.74, 6) is -0.482. The number of hydrogen-bond acceptors (Lipinski definition) is 3. The zero-order valence-corrected chi connectivity index (χ0v) is 13.5. The van der Waals surface area contributed by atoms with Crippen LogP contribution in [0.1, 0.15) is 10.4 Å². The van der Waals surface area contributed by atoms with E-state index >= 15 is 0 Å². The van der Waals surface area contributed by atoms with Crippen molar-refractivity contribution < 1.29 is 4.79 Å². The molecule has 0 spiro atoms. The standard InChI is InChI=1S/C13H11BrIN3O/c14-9-3-2-8(15)6-11(9)18-12-5-7(13(17)19)1-4-10(12)16/h1-6,18H,16H2,(H2,17,19). The molecule has 6 heteroatoms. The van der Waals surface area contributed by atoms with Gasteiger partial charge in [0.25, 0.3) is 0 Å². The molecular formula is C13H11BrIN3O. The summed E-state index contributed by atoms with van der Waals surface area (Å²) < 4.78 is 2.00.